The van der Waals surface area contributed by atoms with E-state index in [4.69, 9.17) is 21.1 Å². The number of hydrogen-bond acceptors (Lipinski definition) is 6. The summed E-state index contributed by atoms with van der Waals surface area (Å²) in [7, 11) is -3.86. The molecule has 1 saturated heterocycles. The molecular weight excluding hydrogens is 378 g/mol. The van der Waals surface area contributed by atoms with Crippen LogP contribution in [-0.2, 0) is 19.9 Å². The van der Waals surface area contributed by atoms with Gasteiger partial charge in [0.25, 0.3) is 0 Å². The van der Waals surface area contributed by atoms with E-state index in [1.807, 2.05) is 0 Å². The van der Waals surface area contributed by atoms with Gasteiger partial charge >= 0.3 is 0 Å². The second-order valence-corrected chi connectivity index (χ2v) is 10.1. The summed E-state index contributed by atoms with van der Waals surface area (Å²) >= 11 is 5.99. The average molecular weight is 398 g/mol. The third-order valence-corrected chi connectivity index (χ3v) is 7.32. The summed E-state index contributed by atoms with van der Waals surface area (Å²) in [5.41, 5.74) is 0.224. The van der Waals surface area contributed by atoms with E-state index in [1.165, 1.54) is 26.4 Å². The number of ether oxygens (including phenoxy) is 2. The zero-order chi connectivity index (χ0) is 18.0. The van der Waals surface area contributed by atoms with E-state index in [1.54, 1.807) is 0 Å². The van der Waals surface area contributed by atoms with Crippen molar-refractivity contribution in [1.29, 1.82) is 0 Å². The van der Waals surface area contributed by atoms with Gasteiger partial charge < -0.3 is 9.47 Å². The molecule has 10 heteroatoms. The summed E-state index contributed by atoms with van der Waals surface area (Å²) in [6.45, 7) is 0. The molecule has 24 heavy (non-hydrogen) atoms. The van der Waals surface area contributed by atoms with Crippen molar-refractivity contribution in [2.75, 3.05) is 36.2 Å². The Bertz CT molecular complexity index is 793. The molecule has 0 bridgehead atoms. The van der Waals surface area contributed by atoms with Crippen LogP contribution in [0.3, 0.4) is 0 Å². The first-order chi connectivity index (χ1) is 11.2. The highest BCUT2D eigenvalue weighted by atomic mass is 35.5. The quantitative estimate of drug-likeness (QED) is 0.787. The van der Waals surface area contributed by atoms with Crippen LogP contribution in [-0.4, -0.2) is 48.3 Å². The normalized spacial score (nSPS) is 18.1. The number of benzene rings is 1. The summed E-state index contributed by atoms with van der Waals surface area (Å²) in [6, 6.07) is 2.91. The number of rotatable bonds is 6. The number of hydrogen-bond donors (Lipinski definition) is 1. The summed E-state index contributed by atoms with van der Waals surface area (Å²) in [5.74, 6) is 0.327. The Morgan fingerprint density at radius 2 is 1.75 bits per heavy atom. The lowest BCUT2D eigenvalue weighted by Gasteiger charge is -2.22. The molecule has 0 aliphatic carbocycles. The van der Waals surface area contributed by atoms with Crippen LogP contribution in [0.4, 0.5) is 5.69 Å². The van der Waals surface area contributed by atoms with Crippen LogP contribution in [0.25, 0.3) is 0 Å². The van der Waals surface area contributed by atoms with Gasteiger partial charge in [0, 0.05) is 12.1 Å². The van der Waals surface area contributed by atoms with E-state index in [2.05, 4.69) is 4.72 Å². The monoisotopic (exact) mass is 397 g/mol. The van der Waals surface area contributed by atoms with Crippen LogP contribution >= 0.6 is 11.6 Å². The van der Waals surface area contributed by atoms with Crippen molar-refractivity contribution in [3.05, 3.63) is 17.2 Å². The largest absolute Gasteiger partial charge is 0.495 e. The average Bonchev–Trinajstić information content (AvgIpc) is 2.50. The Morgan fingerprint density at radius 3 is 2.29 bits per heavy atom. The number of anilines is 1. The third kappa shape index (κ3) is 4.90. The van der Waals surface area contributed by atoms with Crippen molar-refractivity contribution in [3.63, 3.8) is 0 Å². The third-order valence-electron chi connectivity index (χ3n) is 3.87. The number of methoxy groups -OCH3 is 2. The van der Waals surface area contributed by atoms with E-state index in [0.29, 0.717) is 23.6 Å². The van der Waals surface area contributed by atoms with E-state index in [0.717, 1.165) is 0 Å². The standard InChI is InChI=1S/C14H20ClNO6S2/c1-21-13-8-12(14(22-2)7-11(13)15)16-24(19,20)9-10-3-5-23(17,18)6-4-10/h7-8,10,16H,3-6,9H2,1-2H3. The van der Waals surface area contributed by atoms with Gasteiger partial charge in [-0.25, -0.2) is 16.8 Å². The molecule has 0 aromatic heterocycles. The molecule has 1 aliphatic heterocycles. The molecule has 0 spiro atoms. The number of sulfone groups is 1. The predicted molar refractivity (Wildman–Crippen MR) is 93.3 cm³/mol. The van der Waals surface area contributed by atoms with Crippen molar-refractivity contribution in [2.24, 2.45) is 5.92 Å². The number of halogens is 1. The lowest BCUT2D eigenvalue weighted by atomic mass is 10.1. The van der Waals surface area contributed by atoms with Crippen molar-refractivity contribution in [3.8, 4) is 11.5 Å². The maximum absolute atomic E-state index is 12.4. The van der Waals surface area contributed by atoms with Crippen LogP contribution < -0.4 is 14.2 Å². The molecule has 1 N–H and O–H groups in total. The van der Waals surface area contributed by atoms with Crippen LogP contribution in [0, 0.1) is 5.92 Å². The Labute approximate surface area is 147 Å². The molecule has 2 rings (SSSR count). The highest BCUT2D eigenvalue weighted by Crippen LogP contribution is 2.36. The molecule has 1 aromatic carbocycles. The highest BCUT2D eigenvalue weighted by Gasteiger charge is 2.28. The van der Waals surface area contributed by atoms with Crippen LogP contribution in [0.1, 0.15) is 12.8 Å². The van der Waals surface area contributed by atoms with Crippen molar-refractivity contribution in [2.45, 2.75) is 12.8 Å². The molecule has 136 valence electrons. The van der Waals surface area contributed by atoms with E-state index < -0.39 is 19.9 Å². The second-order valence-electron chi connectivity index (χ2n) is 5.67. The summed E-state index contributed by atoms with van der Waals surface area (Å²) in [4.78, 5) is 0. The fourth-order valence-electron chi connectivity index (χ4n) is 2.57. The lowest BCUT2D eigenvalue weighted by Crippen LogP contribution is -2.30. The molecule has 0 saturated carbocycles. The molecular formula is C14H20ClNO6S2. The fraction of sp³-hybridized carbons (Fsp3) is 0.571. The maximum atomic E-state index is 12.4. The molecule has 0 unspecified atom stereocenters. The van der Waals surface area contributed by atoms with Crippen LogP contribution in [0.2, 0.25) is 5.02 Å². The van der Waals surface area contributed by atoms with Gasteiger partial charge in [-0.1, -0.05) is 11.6 Å². The topological polar surface area (TPSA) is 98.8 Å². The molecule has 0 atom stereocenters. The molecule has 1 heterocycles. The van der Waals surface area contributed by atoms with Gasteiger partial charge in [0.15, 0.2) is 0 Å². The summed E-state index contributed by atoms with van der Waals surface area (Å²) in [6.07, 6.45) is 0.703. The molecule has 7 nitrogen and oxygen atoms in total. The molecule has 0 amide bonds. The van der Waals surface area contributed by atoms with Crippen molar-refractivity contribution in [1.82, 2.24) is 0 Å². The Balaban J connectivity index is 2.14. The first-order valence-electron chi connectivity index (χ1n) is 7.28. The molecule has 0 radical (unpaired) electrons. The van der Waals surface area contributed by atoms with Gasteiger partial charge in [-0.2, -0.15) is 0 Å². The zero-order valence-corrected chi connectivity index (χ0v) is 15.8. The van der Waals surface area contributed by atoms with E-state index in [-0.39, 0.29) is 34.6 Å². The highest BCUT2D eigenvalue weighted by molar-refractivity contribution is 7.92. The van der Waals surface area contributed by atoms with Crippen molar-refractivity contribution < 1.29 is 26.3 Å². The van der Waals surface area contributed by atoms with Crippen LogP contribution in [0.15, 0.2) is 12.1 Å². The summed E-state index contributed by atoms with van der Waals surface area (Å²) < 4.78 is 60.3. The van der Waals surface area contributed by atoms with Gasteiger partial charge in [-0.15, -0.1) is 0 Å². The van der Waals surface area contributed by atoms with E-state index in [9.17, 15) is 16.8 Å². The van der Waals surface area contributed by atoms with Gasteiger partial charge in [0.05, 0.1) is 42.2 Å². The Hall–Kier alpha value is -1.19. The van der Waals surface area contributed by atoms with Gasteiger partial charge in [0.1, 0.15) is 21.3 Å². The minimum absolute atomic E-state index is 0.0330. The lowest BCUT2D eigenvalue weighted by molar-refractivity contribution is 0.405. The molecule has 1 aliphatic rings. The minimum atomic E-state index is -3.67. The zero-order valence-electron chi connectivity index (χ0n) is 13.4. The first-order valence-corrected chi connectivity index (χ1v) is 11.1. The Morgan fingerprint density at radius 1 is 1.17 bits per heavy atom. The smallest absolute Gasteiger partial charge is 0.233 e. The fourth-order valence-corrected chi connectivity index (χ4v) is 5.92. The predicted octanol–water partition coefficient (Wildman–Crippen LogP) is 1.92. The molecule has 1 fully saturated rings. The minimum Gasteiger partial charge on any atom is -0.495 e. The van der Waals surface area contributed by atoms with Gasteiger partial charge in [0.2, 0.25) is 10.0 Å². The van der Waals surface area contributed by atoms with Gasteiger partial charge in [-0.05, 0) is 18.8 Å². The summed E-state index contributed by atoms with van der Waals surface area (Å²) in [5, 5.41) is 0.301. The number of nitrogens with one attached hydrogen (secondary N) is 1. The maximum Gasteiger partial charge on any atom is 0.233 e. The molecule has 1 aromatic rings. The van der Waals surface area contributed by atoms with Gasteiger partial charge in [-0.3, -0.25) is 4.72 Å². The number of sulfonamides is 1. The first kappa shape index (κ1) is 19.1. The second kappa shape index (κ2) is 7.37. The SMILES string of the molecule is COc1cc(NS(=O)(=O)CC2CCS(=O)(=O)CC2)c(OC)cc1Cl. The van der Waals surface area contributed by atoms with E-state index >= 15 is 0 Å². The van der Waals surface area contributed by atoms with Crippen LogP contribution in [0.5, 0.6) is 11.5 Å². The Kier molecular flexibility index (Phi) is 5.87. The van der Waals surface area contributed by atoms with Crippen molar-refractivity contribution >= 4 is 37.1 Å².